The van der Waals surface area contributed by atoms with E-state index in [9.17, 15) is 9.67 Å². The van der Waals surface area contributed by atoms with Gasteiger partial charge in [0.2, 0.25) is 0 Å². The van der Waals surface area contributed by atoms with Gasteiger partial charge in [-0.05, 0) is 73.0 Å². The fourth-order valence-corrected chi connectivity index (χ4v) is 5.41. The second kappa shape index (κ2) is 19.0. The molecule has 12 heteroatoms. The molecule has 9 nitrogen and oxygen atoms in total. The predicted octanol–water partition coefficient (Wildman–Crippen LogP) is 6.36. The Labute approximate surface area is 267 Å². The molecule has 0 spiro atoms. The van der Waals surface area contributed by atoms with Gasteiger partial charge in [0, 0.05) is 0 Å². The van der Waals surface area contributed by atoms with E-state index < -0.39 is 14.3 Å². The van der Waals surface area contributed by atoms with Crippen LogP contribution in [0.4, 0.5) is 0 Å². The Kier molecular flexibility index (Phi) is 17.9. The van der Waals surface area contributed by atoms with Crippen LogP contribution in [0.2, 0.25) is 0 Å². The van der Waals surface area contributed by atoms with Crippen molar-refractivity contribution < 1.29 is 36.2 Å². The van der Waals surface area contributed by atoms with Crippen molar-refractivity contribution in [3.8, 4) is 5.75 Å². The summed E-state index contributed by atoms with van der Waals surface area (Å²) >= 11 is 0. The standard InChI is InChI=1S/C18H28BN6.C6H15OP.C6H6O.Mo.O/c1-13(2)16-7-10-23(20-16)19(24-11-8-17(21-24)14(3)4)25-12-9-18(22-25)15(5)6;1-4-8(7,5-2)6-3;7-6-4-2-1-3-5-6;;/h7-15,19H,1-6H3;4-6H2,1-3H3;1-5,7H;;/q-1;;;+4;-2/p-1. The van der Waals surface area contributed by atoms with Crippen LogP contribution in [-0.4, -0.2) is 54.7 Å². The molecule has 4 aromatic rings. The molecule has 0 saturated carbocycles. The molecule has 0 bridgehead atoms. The molecule has 4 rings (SSSR count). The monoisotopic (exact) mass is 680 g/mol. The molecule has 0 saturated heterocycles. The Morgan fingerprint density at radius 3 is 1.14 bits per heavy atom. The average molecular weight is 678 g/mol. The summed E-state index contributed by atoms with van der Waals surface area (Å²) in [5, 5.41) is 24.7. The minimum atomic E-state index is -1.66. The number of hydrogen-bond acceptors (Lipinski definition) is 5. The molecule has 0 aliphatic rings. The minimum Gasteiger partial charge on any atom is -2.00 e. The van der Waals surface area contributed by atoms with Crippen LogP contribution < -0.4 is 5.11 Å². The van der Waals surface area contributed by atoms with Gasteiger partial charge in [-0.3, -0.25) is 0 Å². The Morgan fingerprint density at radius 2 is 0.976 bits per heavy atom. The van der Waals surface area contributed by atoms with Crippen molar-refractivity contribution in [3.63, 3.8) is 0 Å². The SMILES string of the molecule is CC(C)c1ccn([BH-](n2ccc(C(C)C)n2)n2ccc(C(C)C)n2)n1.CCP(=O)(CC)CC.[Mo+4].[O-2].[O-]c1ccccc1. The molecule has 0 radical (unpaired) electrons. The molecule has 1 aromatic carbocycles. The third kappa shape index (κ3) is 11.7. The Morgan fingerprint density at radius 1 is 0.667 bits per heavy atom. The van der Waals surface area contributed by atoms with Crippen molar-refractivity contribution in [2.75, 3.05) is 18.5 Å². The quantitative estimate of drug-likeness (QED) is 0.151. The van der Waals surface area contributed by atoms with Crippen LogP contribution in [-0.2, 0) is 31.1 Å². The van der Waals surface area contributed by atoms with Crippen LogP contribution in [0.25, 0.3) is 0 Å². The summed E-state index contributed by atoms with van der Waals surface area (Å²) in [6, 6.07) is 14.6. The van der Waals surface area contributed by atoms with Crippen molar-refractivity contribution in [2.45, 2.75) is 80.1 Å². The van der Waals surface area contributed by atoms with E-state index in [-0.39, 0.29) is 32.3 Å². The van der Waals surface area contributed by atoms with E-state index in [2.05, 4.69) is 59.7 Å². The van der Waals surface area contributed by atoms with E-state index in [1.807, 2.05) is 59.2 Å². The van der Waals surface area contributed by atoms with Crippen LogP contribution in [0, 0.1) is 0 Å². The number of rotatable bonds is 9. The van der Waals surface area contributed by atoms with Crippen LogP contribution >= 0.6 is 7.14 Å². The van der Waals surface area contributed by atoms with Gasteiger partial charge in [-0.2, -0.15) is 0 Å². The number of benzene rings is 1. The van der Waals surface area contributed by atoms with Crippen LogP contribution in [0.5, 0.6) is 5.75 Å². The van der Waals surface area contributed by atoms with Gasteiger partial charge in [-0.25, -0.2) is 15.3 Å². The molecule has 0 aliphatic heterocycles. The van der Waals surface area contributed by atoms with E-state index in [0.717, 1.165) is 35.6 Å². The molecule has 0 unspecified atom stereocenters. The van der Waals surface area contributed by atoms with E-state index in [0.29, 0.717) is 17.8 Å². The van der Waals surface area contributed by atoms with E-state index >= 15 is 0 Å². The van der Waals surface area contributed by atoms with Gasteiger partial charge in [-0.15, -0.1) is 5.75 Å². The fraction of sp³-hybridized carbons (Fsp3) is 0.500. The van der Waals surface area contributed by atoms with Gasteiger partial charge in [0.05, 0.1) is 24.2 Å². The molecule has 230 valence electrons. The number of para-hydroxylation sites is 1. The molecular formula is C30H48BMoN6O3P. The zero-order valence-electron chi connectivity index (χ0n) is 26.7. The van der Waals surface area contributed by atoms with Crippen molar-refractivity contribution in [2.24, 2.45) is 0 Å². The largest absolute Gasteiger partial charge is 4.00 e. The molecule has 42 heavy (non-hydrogen) atoms. The smallest absolute Gasteiger partial charge is 2.00 e. The summed E-state index contributed by atoms with van der Waals surface area (Å²) in [6.07, 6.45) is 8.76. The normalized spacial score (nSPS) is 11.0. The van der Waals surface area contributed by atoms with Crippen molar-refractivity contribution >= 4 is 14.3 Å². The van der Waals surface area contributed by atoms with E-state index in [1.54, 1.807) is 12.1 Å². The van der Waals surface area contributed by atoms with Gasteiger partial charge >= 0.3 is 28.2 Å². The van der Waals surface area contributed by atoms with Crippen molar-refractivity contribution in [3.05, 3.63) is 84.2 Å². The van der Waals surface area contributed by atoms with Gasteiger partial charge < -0.3 is 28.9 Å². The van der Waals surface area contributed by atoms with Crippen LogP contribution in [0.3, 0.4) is 0 Å². The third-order valence-corrected chi connectivity index (χ3v) is 10.6. The predicted molar refractivity (Wildman–Crippen MR) is 168 cm³/mol. The number of nitrogens with zero attached hydrogens (tertiary/aromatic N) is 6. The van der Waals surface area contributed by atoms with Crippen LogP contribution in [0.1, 0.15) is 97.1 Å². The minimum absolute atomic E-state index is 0. The molecule has 0 N–H and O–H groups in total. The first kappa shape index (κ1) is 39.6. The maximum atomic E-state index is 11.3. The zero-order valence-corrected chi connectivity index (χ0v) is 29.6. The first-order valence-corrected chi connectivity index (χ1v) is 16.8. The van der Waals surface area contributed by atoms with Gasteiger partial charge in [0.15, 0.2) is 0 Å². The van der Waals surface area contributed by atoms with E-state index in [1.165, 1.54) is 12.1 Å². The summed E-state index contributed by atoms with van der Waals surface area (Å²) in [7, 11) is -2.93. The Hall–Kier alpha value is -2.41. The first-order chi connectivity index (χ1) is 18.9. The van der Waals surface area contributed by atoms with Crippen LogP contribution in [0.15, 0.2) is 67.1 Å². The summed E-state index contributed by atoms with van der Waals surface area (Å²) < 4.78 is 17.4. The second-order valence-electron chi connectivity index (χ2n) is 11.0. The molecule has 0 fully saturated rings. The first-order valence-electron chi connectivity index (χ1n) is 14.6. The van der Waals surface area contributed by atoms with Crippen molar-refractivity contribution in [1.29, 1.82) is 0 Å². The Bertz CT molecular complexity index is 1190. The molecule has 0 atom stereocenters. The summed E-state index contributed by atoms with van der Waals surface area (Å²) in [5.74, 6) is 1.26. The fourth-order valence-electron chi connectivity index (χ4n) is 4.07. The maximum Gasteiger partial charge on any atom is 4.00 e. The molecule has 0 amide bonds. The number of hydrogen-bond donors (Lipinski definition) is 0. The second-order valence-corrected chi connectivity index (χ2v) is 15.1. The van der Waals surface area contributed by atoms with E-state index in [4.69, 9.17) is 15.3 Å². The van der Waals surface area contributed by atoms with Gasteiger partial charge in [-0.1, -0.05) is 92.6 Å². The summed E-state index contributed by atoms with van der Waals surface area (Å²) in [6.45, 7) is 19.0. The molecule has 3 aromatic heterocycles. The third-order valence-electron chi connectivity index (χ3n) is 7.10. The average Bonchev–Trinajstić information content (AvgIpc) is 3.72. The molecule has 0 aliphatic carbocycles. The van der Waals surface area contributed by atoms with Gasteiger partial charge in [0.1, 0.15) is 0 Å². The Balaban J connectivity index is 0.000000818. The number of aromatic nitrogens is 6. The van der Waals surface area contributed by atoms with Gasteiger partial charge in [0.25, 0.3) is 0 Å². The summed E-state index contributed by atoms with van der Waals surface area (Å²) in [5.41, 5.74) is 3.26. The molecular weight excluding hydrogens is 630 g/mol. The maximum absolute atomic E-state index is 11.3. The van der Waals surface area contributed by atoms with Crippen molar-refractivity contribution in [1.82, 2.24) is 29.1 Å². The zero-order chi connectivity index (χ0) is 29.9. The topological polar surface area (TPSA) is 122 Å². The summed E-state index contributed by atoms with van der Waals surface area (Å²) in [4.78, 5) is 0. The molecule has 3 heterocycles.